The Kier molecular flexibility index (Phi) is 6.28. The molecule has 0 spiro atoms. The molecule has 1 aromatic carbocycles. The third-order valence-electron chi connectivity index (χ3n) is 5.47. The zero-order valence-electron chi connectivity index (χ0n) is 19.0. The number of nitriles is 1. The molecule has 0 fully saturated rings. The molecule has 4 aromatic rings. The maximum absolute atomic E-state index is 13.4. The summed E-state index contributed by atoms with van der Waals surface area (Å²) >= 11 is 0. The van der Waals surface area contributed by atoms with Gasteiger partial charge < -0.3 is 14.5 Å². The molecule has 8 heteroatoms. The fourth-order valence-electron chi connectivity index (χ4n) is 3.40. The highest BCUT2D eigenvalue weighted by atomic mass is 16.5. The second-order valence-electron chi connectivity index (χ2n) is 7.75. The van der Waals surface area contributed by atoms with Crippen molar-refractivity contribution in [2.24, 2.45) is 0 Å². The monoisotopic (exact) mass is 454 g/mol. The van der Waals surface area contributed by atoms with E-state index in [9.17, 15) is 14.9 Å². The number of hydrogen-bond acceptors (Lipinski definition) is 6. The fraction of sp³-hybridized carbons (Fsp3) is 0.154. The number of hydrogen-bond donors (Lipinski definition) is 1. The number of benzene rings is 1. The summed E-state index contributed by atoms with van der Waals surface area (Å²) in [6.45, 7) is 5.79. The van der Waals surface area contributed by atoms with E-state index in [4.69, 9.17) is 9.15 Å². The van der Waals surface area contributed by atoms with Gasteiger partial charge in [0.15, 0.2) is 0 Å². The highest BCUT2D eigenvalue weighted by molar-refractivity contribution is 6.01. The lowest BCUT2D eigenvalue weighted by Crippen LogP contribution is -2.25. The van der Waals surface area contributed by atoms with Crippen molar-refractivity contribution in [2.45, 2.75) is 27.3 Å². The first-order chi connectivity index (χ1) is 16.4. The van der Waals surface area contributed by atoms with Gasteiger partial charge in [-0.2, -0.15) is 10.2 Å². The second-order valence-corrected chi connectivity index (χ2v) is 7.75. The van der Waals surface area contributed by atoms with Crippen molar-refractivity contribution in [3.8, 4) is 17.7 Å². The van der Waals surface area contributed by atoms with Crippen LogP contribution < -0.4 is 15.6 Å². The molecule has 34 heavy (non-hydrogen) atoms. The third kappa shape index (κ3) is 4.45. The highest BCUT2D eigenvalue weighted by Crippen LogP contribution is 2.28. The van der Waals surface area contributed by atoms with Gasteiger partial charge in [-0.05, 0) is 67.8 Å². The summed E-state index contributed by atoms with van der Waals surface area (Å²) in [5, 5.41) is 12.3. The van der Waals surface area contributed by atoms with E-state index in [0.29, 0.717) is 17.2 Å². The molecule has 0 unspecified atom stereocenters. The lowest BCUT2D eigenvalue weighted by Gasteiger charge is -2.13. The molecular formula is C26H22N4O4. The van der Waals surface area contributed by atoms with E-state index in [1.807, 2.05) is 45.0 Å². The van der Waals surface area contributed by atoms with Crippen molar-refractivity contribution in [1.29, 1.82) is 5.26 Å². The Morgan fingerprint density at radius 3 is 2.71 bits per heavy atom. The molecule has 0 saturated heterocycles. The molecule has 1 N–H and O–H groups in total. The standard InChI is InChI=1S/C26H22N4O4/c1-16-7-4-10-22(18(16)3)34-25-21(26(32)30-11-5-8-17(2)23(30)29-25)13-19(14-27)24(31)28-15-20-9-6-12-33-20/h4-13H,15H2,1-3H3,(H,28,31)/b19-13+. The topological polar surface area (TPSA) is 110 Å². The van der Waals surface area contributed by atoms with E-state index in [0.717, 1.165) is 16.7 Å². The van der Waals surface area contributed by atoms with E-state index in [-0.39, 0.29) is 23.6 Å². The van der Waals surface area contributed by atoms with Crippen molar-refractivity contribution in [3.63, 3.8) is 0 Å². The molecule has 0 atom stereocenters. The number of pyridine rings is 1. The Hall–Kier alpha value is -4.64. The maximum atomic E-state index is 13.4. The van der Waals surface area contributed by atoms with Gasteiger partial charge in [0, 0.05) is 6.20 Å². The smallest absolute Gasteiger partial charge is 0.269 e. The Labute approximate surface area is 195 Å². The van der Waals surface area contributed by atoms with Crippen LogP contribution in [0, 0.1) is 32.1 Å². The minimum atomic E-state index is -0.648. The van der Waals surface area contributed by atoms with Crippen molar-refractivity contribution in [1.82, 2.24) is 14.7 Å². The molecule has 3 heterocycles. The lowest BCUT2D eigenvalue weighted by molar-refractivity contribution is -0.117. The van der Waals surface area contributed by atoms with Gasteiger partial charge in [0.05, 0.1) is 12.8 Å². The normalized spacial score (nSPS) is 11.3. The Morgan fingerprint density at radius 2 is 1.97 bits per heavy atom. The summed E-state index contributed by atoms with van der Waals surface area (Å²) in [6.07, 6.45) is 4.28. The second kappa shape index (κ2) is 9.46. The lowest BCUT2D eigenvalue weighted by atomic mass is 10.1. The molecule has 0 saturated carbocycles. The molecule has 0 bridgehead atoms. The van der Waals surface area contributed by atoms with Crippen molar-refractivity contribution < 1.29 is 13.9 Å². The number of fused-ring (bicyclic) bond motifs is 1. The number of carbonyl (C=O) groups is 1. The molecule has 170 valence electrons. The minimum absolute atomic E-state index is 0.00583. The highest BCUT2D eigenvalue weighted by Gasteiger charge is 2.19. The Bertz CT molecular complexity index is 1510. The van der Waals surface area contributed by atoms with Gasteiger partial charge in [-0.15, -0.1) is 0 Å². The third-order valence-corrected chi connectivity index (χ3v) is 5.47. The fourth-order valence-corrected chi connectivity index (χ4v) is 3.40. The molecule has 0 aliphatic rings. The number of nitrogens with one attached hydrogen (secondary N) is 1. The van der Waals surface area contributed by atoms with E-state index < -0.39 is 11.5 Å². The van der Waals surface area contributed by atoms with E-state index in [1.54, 1.807) is 30.5 Å². The molecule has 0 aliphatic heterocycles. The average Bonchev–Trinajstić information content (AvgIpc) is 3.35. The summed E-state index contributed by atoms with van der Waals surface area (Å²) in [5.41, 5.74) is 2.38. The van der Waals surface area contributed by atoms with Gasteiger partial charge in [-0.25, -0.2) is 0 Å². The van der Waals surface area contributed by atoms with Gasteiger partial charge in [0.2, 0.25) is 5.88 Å². The maximum Gasteiger partial charge on any atom is 0.269 e. The predicted octanol–water partition coefficient (Wildman–Crippen LogP) is 4.23. The quantitative estimate of drug-likeness (QED) is 0.345. The Morgan fingerprint density at radius 1 is 1.18 bits per heavy atom. The van der Waals surface area contributed by atoms with E-state index in [1.165, 1.54) is 16.7 Å². The number of aromatic nitrogens is 2. The van der Waals surface area contributed by atoms with E-state index in [2.05, 4.69) is 10.3 Å². The number of rotatable bonds is 6. The minimum Gasteiger partial charge on any atom is -0.467 e. The number of amides is 1. The van der Waals surface area contributed by atoms with Gasteiger partial charge in [-0.1, -0.05) is 18.2 Å². The number of aryl methyl sites for hydroxylation is 2. The van der Waals surface area contributed by atoms with Crippen LogP contribution in [0.2, 0.25) is 0 Å². The van der Waals surface area contributed by atoms with Crippen LogP contribution in [0.15, 0.2) is 69.7 Å². The van der Waals surface area contributed by atoms with Crippen LogP contribution in [-0.2, 0) is 11.3 Å². The zero-order valence-corrected chi connectivity index (χ0v) is 19.0. The zero-order chi connectivity index (χ0) is 24.2. The van der Waals surface area contributed by atoms with Crippen molar-refractivity contribution in [3.05, 3.63) is 98.9 Å². The van der Waals surface area contributed by atoms with Gasteiger partial charge in [0.25, 0.3) is 11.5 Å². The van der Waals surface area contributed by atoms with Crippen LogP contribution in [0.25, 0.3) is 11.7 Å². The SMILES string of the molecule is Cc1cccc(Oc2nc3c(C)cccn3c(=O)c2/C=C(\C#N)C(=O)NCc2ccco2)c1C. The summed E-state index contributed by atoms with van der Waals surface area (Å²) in [4.78, 5) is 30.6. The van der Waals surface area contributed by atoms with Gasteiger partial charge in [-0.3, -0.25) is 14.0 Å². The van der Waals surface area contributed by atoms with Gasteiger partial charge in [0.1, 0.15) is 34.4 Å². The summed E-state index contributed by atoms with van der Waals surface area (Å²) in [5.74, 6) is 0.428. The predicted molar refractivity (Wildman–Crippen MR) is 126 cm³/mol. The first-order valence-corrected chi connectivity index (χ1v) is 10.6. The summed E-state index contributed by atoms with van der Waals surface area (Å²) in [6, 6.07) is 14.4. The molecule has 3 aromatic heterocycles. The first kappa shape index (κ1) is 22.6. The Balaban J connectivity index is 1.82. The molecular weight excluding hydrogens is 432 g/mol. The first-order valence-electron chi connectivity index (χ1n) is 10.6. The molecule has 1 amide bonds. The molecule has 0 radical (unpaired) electrons. The van der Waals surface area contributed by atoms with Crippen LogP contribution >= 0.6 is 0 Å². The van der Waals surface area contributed by atoms with Crippen LogP contribution in [0.1, 0.15) is 28.0 Å². The number of nitrogens with zero attached hydrogens (tertiary/aromatic N) is 3. The molecule has 8 nitrogen and oxygen atoms in total. The van der Waals surface area contributed by atoms with Crippen LogP contribution in [0.4, 0.5) is 0 Å². The largest absolute Gasteiger partial charge is 0.467 e. The van der Waals surface area contributed by atoms with E-state index >= 15 is 0 Å². The number of ether oxygens (including phenoxy) is 1. The molecule has 4 rings (SSSR count). The van der Waals surface area contributed by atoms with Crippen LogP contribution in [0.5, 0.6) is 11.6 Å². The molecule has 0 aliphatic carbocycles. The summed E-state index contributed by atoms with van der Waals surface area (Å²) in [7, 11) is 0. The van der Waals surface area contributed by atoms with Crippen LogP contribution in [-0.4, -0.2) is 15.3 Å². The number of furan rings is 1. The van der Waals surface area contributed by atoms with Crippen molar-refractivity contribution in [2.75, 3.05) is 0 Å². The van der Waals surface area contributed by atoms with Gasteiger partial charge >= 0.3 is 0 Å². The van der Waals surface area contributed by atoms with Crippen molar-refractivity contribution >= 4 is 17.6 Å². The average molecular weight is 454 g/mol. The van der Waals surface area contributed by atoms with Crippen LogP contribution in [0.3, 0.4) is 0 Å². The number of carbonyl (C=O) groups excluding carboxylic acids is 1. The summed E-state index contributed by atoms with van der Waals surface area (Å²) < 4.78 is 12.7.